The third kappa shape index (κ3) is 8.59. The molecule has 0 bridgehead atoms. The molecule has 0 saturated heterocycles. The topological polar surface area (TPSA) is 63.2 Å². The molecule has 1 aromatic rings. The van der Waals surface area contributed by atoms with E-state index in [4.69, 9.17) is 14.5 Å². The molecular weight excluding hydrogens is 366 g/mol. The minimum absolute atomic E-state index is 0.172. The lowest BCUT2D eigenvalue weighted by molar-refractivity contribution is -0.138. The van der Waals surface area contributed by atoms with Crippen molar-refractivity contribution in [2.75, 3.05) is 34.4 Å². The summed E-state index contributed by atoms with van der Waals surface area (Å²) in [5, 5.41) is 3.40. The zero-order valence-electron chi connectivity index (χ0n) is 19.3. The fourth-order valence-electron chi connectivity index (χ4n) is 2.79. The van der Waals surface area contributed by atoms with Crippen molar-refractivity contribution >= 4 is 17.4 Å². The Hall–Kier alpha value is -2.50. The Balaban J connectivity index is 2.68. The van der Waals surface area contributed by atoms with Crippen LogP contribution in [0.15, 0.2) is 34.8 Å². The number of carbonyl (C=O) groups excluding carboxylic acids is 1. The molecule has 1 aromatic carbocycles. The standard InChI is InChI=1S/C23H37N3O3/c1-17(2)15-21(25-18-11-12-19(28-7)20(16-18)29-8)24-13-9-10-14-26(6)22(27)23(3,4)5/h11-12,15-16H,9-10,13-14H2,1-8H3,(H,24,25). The van der Waals surface area contributed by atoms with Gasteiger partial charge >= 0.3 is 0 Å². The van der Waals surface area contributed by atoms with Gasteiger partial charge in [-0.25, -0.2) is 4.99 Å². The predicted molar refractivity (Wildman–Crippen MR) is 120 cm³/mol. The quantitative estimate of drug-likeness (QED) is 0.373. The van der Waals surface area contributed by atoms with E-state index in [1.165, 1.54) is 0 Å². The molecule has 1 rings (SSSR count). The summed E-state index contributed by atoms with van der Waals surface area (Å²) >= 11 is 0. The fourth-order valence-corrected chi connectivity index (χ4v) is 2.79. The van der Waals surface area contributed by atoms with Gasteiger partial charge in [-0.15, -0.1) is 0 Å². The lowest BCUT2D eigenvalue weighted by Crippen LogP contribution is -2.37. The fraction of sp³-hybridized carbons (Fsp3) is 0.565. The molecule has 0 aliphatic heterocycles. The SMILES string of the molecule is COc1ccc(/N=C(\C=C(C)C)NCCCCN(C)C(=O)C(C)(C)C)cc1OC. The van der Waals surface area contributed by atoms with Gasteiger partial charge in [-0.05, 0) is 44.9 Å². The predicted octanol–water partition coefficient (Wildman–Crippen LogP) is 4.57. The van der Waals surface area contributed by atoms with Crippen molar-refractivity contribution < 1.29 is 14.3 Å². The molecule has 1 amide bonds. The summed E-state index contributed by atoms with van der Waals surface area (Å²) in [6.45, 7) is 11.5. The van der Waals surface area contributed by atoms with E-state index in [1.54, 1.807) is 14.2 Å². The Bertz CT molecular complexity index is 729. The van der Waals surface area contributed by atoms with Crippen LogP contribution in [-0.4, -0.2) is 51.0 Å². The molecule has 0 fully saturated rings. The molecule has 0 radical (unpaired) electrons. The van der Waals surface area contributed by atoms with Crippen LogP contribution in [0.3, 0.4) is 0 Å². The average molecular weight is 404 g/mol. The van der Waals surface area contributed by atoms with Gasteiger partial charge in [0.1, 0.15) is 5.84 Å². The van der Waals surface area contributed by atoms with E-state index < -0.39 is 0 Å². The highest BCUT2D eigenvalue weighted by Gasteiger charge is 2.24. The monoisotopic (exact) mass is 403 g/mol. The number of methoxy groups -OCH3 is 2. The molecule has 1 N–H and O–H groups in total. The van der Waals surface area contributed by atoms with Crippen LogP contribution >= 0.6 is 0 Å². The van der Waals surface area contributed by atoms with Crippen LogP contribution in [0.25, 0.3) is 0 Å². The Morgan fingerprint density at radius 2 is 1.79 bits per heavy atom. The highest BCUT2D eigenvalue weighted by atomic mass is 16.5. The van der Waals surface area contributed by atoms with E-state index in [-0.39, 0.29) is 11.3 Å². The summed E-state index contributed by atoms with van der Waals surface area (Å²) in [6, 6.07) is 5.60. The minimum Gasteiger partial charge on any atom is -0.493 e. The molecule has 0 saturated carbocycles. The Kier molecular flexibility index (Phi) is 9.72. The van der Waals surface area contributed by atoms with Gasteiger partial charge in [0, 0.05) is 31.6 Å². The van der Waals surface area contributed by atoms with Gasteiger partial charge in [0.25, 0.3) is 0 Å². The van der Waals surface area contributed by atoms with Crippen molar-refractivity contribution in [3.8, 4) is 11.5 Å². The number of amides is 1. The maximum atomic E-state index is 12.2. The number of allylic oxidation sites excluding steroid dienone is 1. The minimum atomic E-state index is -0.338. The van der Waals surface area contributed by atoms with Gasteiger partial charge in [-0.1, -0.05) is 26.3 Å². The zero-order chi connectivity index (χ0) is 22.0. The number of benzene rings is 1. The van der Waals surface area contributed by atoms with Crippen LogP contribution in [-0.2, 0) is 4.79 Å². The highest BCUT2D eigenvalue weighted by molar-refractivity contribution is 5.95. The first-order chi connectivity index (χ1) is 13.6. The third-order valence-corrected chi connectivity index (χ3v) is 4.26. The largest absolute Gasteiger partial charge is 0.493 e. The number of hydrogen-bond acceptors (Lipinski definition) is 4. The first-order valence-electron chi connectivity index (χ1n) is 10.0. The number of aliphatic imine (C=N–C) groups is 1. The molecule has 0 aromatic heterocycles. The lowest BCUT2D eigenvalue weighted by Gasteiger charge is -2.25. The second kappa shape index (κ2) is 11.5. The molecule has 0 aliphatic rings. The van der Waals surface area contributed by atoms with Crippen molar-refractivity contribution in [1.82, 2.24) is 10.2 Å². The van der Waals surface area contributed by atoms with Crippen LogP contribution in [0.4, 0.5) is 5.69 Å². The summed E-state index contributed by atoms with van der Waals surface area (Å²) in [6.07, 6.45) is 3.90. The van der Waals surface area contributed by atoms with Gasteiger partial charge in [-0.2, -0.15) is 0 Å². The number of hydrogen-bond donors (Lipinski definition) is 1. The maximum absolute atomic E-state index is 12.2. The van der Waals surface area contributed by atoms with Gasteiger partial charge in [-0.3, -0.25) is 4.79 Å². The summed E-state index contributed by atoms with van der Waals surface area (Å²) in [7, 11) is 5.10. The van der Waals surface area contributed by atoms with Crippen molar-refractivity contribution in [3.05, 3.63) is 29.8 Å². The van der Waals surface area contributed by atoms with Crippen LogP contribution in [0.1, 0.15) is 47.5 Å². The van der Waals surface area contributed by atoms with E-state index in [1.807, 2.05) is 70.8 Å². The van der Waals surface area contributed by atoms with E-state index in [0.717, 1.165) is 43.0 Å². The summed E-state index contributed by atoms with van der Waals surface area (Å²) < 4.78 is 10.6. The van der Waals surface area contributed by atoms with E-state index in [2.05, 4.69) is 5.32 Å². The molecule has 0 unspecified atom stereocenters. The number of nitrogens with one attached hydrogen (secondary N) is 1. The van der Waals surface area contributed by atoms with Crippen LogP contribution < -0.4 is 14.8 Å². The summed E-state index contributed by atoms with van der Waals surface area (Å²) in [4.78, 5) is 18.7. The number of rotatable bonds is 9. The Morgan fingerprint density at radius 3 is 2.34 bits per heavy atom. The maximum Gasteiger partial charge on any atom is 0.227 e. The van der Waals surface area contributed by atoms with Gasteiger partial charge in [0.05, 0.1) is 19.9 Å². The number of nitrogens with zero attached hydrogens (tertiary/aromatic N) is 2. The van der Waals surface area contributed by atoms with E-state index in [0.29, 0.717) is 11.5 Å². The van der Waals surface area contributed by atoms with E-state index >= 15 is 0 Å². The molecule has 0 spiro atoms. The lowest BCUT2D eigenvalue weighted by atomic mass is 9.95. The van der Waals surface area contributed by atoms with Gasteiger partial charge < -0.3 is 19.7 Å². The molecule has 0 heterocycles. The molecule has 0 atom stereocenters. The van der Waals surface area contributed by atoms with Crippen molar-refractivity contribution in [2.45, 2.75) is 47.5 Å². The Morgan fingerprint density at radius 1 is 1.14 bits per heavy atom. The summed E-state index contributed by atoms with van der Waals surface area (Å²) in [5.41, 5.74) is 1.61. The number of amidine groups is 1. The molecule has 162 valence electrons. The van der Waals surface area contributed by atoms with Crippen LogP contribution in [0, 0.1) is 5.41 Å². The second-order valence-electron chi connectivity index (χ2n) is 8.37. The normalized spacial score (nSPS) is 11.7. The number of ether oxygens (including phenoxy) is 2. The molecule has 29 heavy (non-hydrogen) atoms. The van der Waals surface area contributed by atoms with Crippen LogP contribution in [0.5, 0.6) is 11.5 Å². The van der Waals surface area contributed by atoms with Crippen molar-refractivity contribution in [2.24, 2.45) is 10.4 Å². The first kappa shape index (κ1) is 24.5. The zero-order valence-corrected chi connectivity index (χ0v) is 19.3. The Labute approximate surface area is 176 Å². The van der Waals surface area contributed by atoms with Crippen LogP contribution in [0.2, 0.25) is 0 Å². The summed E-state index contributed by atoms with van der Waals surface area (Å²) in [5.74, 6) is 2.30. The molecule has 6 nitrogen and oxygen atoms in total. The van der Waals surface area contributed by atoms with E-state index in [9.17, 15) is 4.79 Å². The van der Waals surface area contributed by atoms with Gasteiger partial charge in [0.15, 0.2) is 11.5 Å². The second-order valence-corrected chi connectivity index (χ2v) is 8.37. The third-order valence-electron chi connectivity index (χ3n) is 4.26. The molecular formula is C23H37N3O3. The van der Waals surface area contributed by atoms with Gasteiger partial charge in [0.2, 0.25) is 5.91 Å². The number of carbonyl (C=O) groups is 1. The van der Waals surface area contributed by atoms with Crippen molar-refractivity contribution in [1.29, 1.82) is 0 Å². The molecule has 6 heteroatoms. The number of unbranched alkanes of at least 4 members (excludes halogenated alkanes) is 1. The smallest absolute Gasteiger partial charge is 0.227 e. The first-order valence-corrected chi connectivity index (χ1v) is 10.0. The van der Waals surface area contributed by atoms with Crippen molar-refractivity contribution in [3.63, 3.8) is 0 Å². The highest BCUT2D eigenvalue weighted by Crippen LogP contribution is 2.31. The average Bonchev–Trinajstić information content (AvgIpc) is 2.65. The molecule has 0 aliphatic carbocycles.